The Kier molecular flexibility index (Phi) is 6.93. The minimum absolute atomic E-state index is 0.0696. The Hall–Kier alpha value is -4.11. The standard InChI is InChI=1S/C25H22N4O4S/c1-16(30)18-4-3-5-19(14-18)26-23(32)15-34-25-28-27-24(17-6-10-21(31)11-7-17)29(25)20-8-12-22(33-2)13-9-20/h3-14,31H,15H2,1-2H3,(H,26,32). The van der Waals surface area contributed by atoms with Crippen molar-refractivity contribution >= 4 is 29.1 Å². The Morgan fingerprint density at radius 3 is 2.44 bits per heavy atom. The average molecular weight is 475 g/mol. The fraction of sp³-hybridized carbons (Fsp3) is 0.120. The number of methoxy groups -OCH3 is 1. The number of rotatable bonds is 8. The molecule has 0 unspecified atom stereocenters. The van der Waals surface area contributed by atoms with E-state index in [1.807, 2.05) is 28.8 Å². The largest absolute Gasteiger partial charge is 0.508 e. The number of thioether (sulfide) groups is 1. The summed E-state index contributed by atoms with van der Waals surface area (Å²) < 4.78 is 7.10. The molecule has 0 saturated carbocycles. The summed E-state index contributed by atoms with van der Waals surface area (Å²) in [5.74, 6) is 1.22. The van der Waals surface area contributed by atoms with E-state index in [4.69, 9.17) is 4.74 Å². The number of aromatic hydroxyl groups is 1. The Morgan fingerprint density at radius 2 is 1.76 bits per heavy atom. The molecule has 0 aliphatic rings. The number of phenolic OH excluding ortho intramolecular Hbond substituents is 1. The van der Waals surface area contributed by atoms with E-state index in [1.165, 1.54) is 18.7 Å². The molecule has 1 aromatic heterocycles. The molecule has 0 aliphatic heterocycles. The maximum Gasteiger partial charge on any atom is 0.234 e. The van der Waals surface area contributed by atoms with Gasteiger partial charge in [-0.3, -0.25) is 14.2 Å². The van der Waals surface area contributed by atoms with Crippen LogP contribution in [0.5, 0.6) is 11.5 Å². The molecule has 0 atom stereocenters. The number of nitrogens with zero attached hydrogens (tertiary/aromatic N) is 3. The fourth-order valence-corrected chi connectivity index (χ4v) is 4.02. The minimum Gasteiger partial charge on any atom is -0.508 e. The van der Waals surface area contributed by atoms with E-state index in [1.54, 1.807) is 55.6 Å². The number of Topliss-reactive ketones (excluding diaryl/α,β-unsaturated/α-hetero) is 1. The van der Waals surface area contributed by atoms with Crippen molar-refractivity contribution in [2.45, 2.75) is 12.1 Å². The maximum absolute atomic E-state index is 12.6. The average Bonchev–Trinajstić information content (AvgIpc) is 3.27. The number of carbonyl (C=O) groups is 2. The molecule has 0 bridgehead atoms. The first kappa shape index (κ1) is 23.1. The monoisotopic (exact) mass is 474 g/mol. The van der Waals surface area contributed by atoms with Crippen molar-refractivity contribution in [1.82, 2.24) is 14.8 Å². The SMILES string of the molecule is COc1ccc(-n2c(SCC(=O)Nc3cccc(C(C)=O)c3)nnc2-c2ccc(O)cc2)cc1. The molecule has 0 aliphatic carbocycles. The lowest BCUT2D eigenvalue weighted by molar-refractivity contribution is -0.113. The van der Waals surface area contributed by atoms with Crippen LogP contribution < -0.4 is 10.1 Å². The number of ketones is 1. The third-order valence-corrected chi connectivity index (χ3v) is 5.90. The van der Waals surface area contributed by atoms with Crippen LogP contribution in [0.3, 0.4) is 0 Å². The van der Waals surface area contributed by atoms with E-state index < -0.39 is 0 Å². The fourth-order valence-electron chi connectivity index (χ4n) is 3.27. The molecular weight excluding hydrogens is 452 g/mol. The molecular formula is C25H22N4O4S. The van der Waals surface area contributed by atoms with Crippen LogP contribution >= 0.6 is 11.8 Å². The summed E-state index contributed by atoms with van der Waals surface area (Å²) in [5, 5.41) is 21.6. The van der Waals surface area contributed by atoms with Crippen molar-refractivity contribution in [3.05, 3.63) is 78.4 Å². The second-order valence-electron chi connectivity index (χ2n) is 7.36. The zero-order chi connectivity index (χ0) is 24.1. The Balaban J connectivity index is 1.58. The first-order chi connectivity index (χ1) is 16.4. The number of nitrogens with one attached hydrogen (secondary N) is 1. The number of hydrogen-bond donors (Lipinski definition) is 2. The van der Waals surface area contributed by atoms with Crippen LogP contribution in [0.4, 0.5) is 5.69 Å². The van der Waals surface area contributed by atoms with Crippen LogP contribution in [0.1, 0.15) is 17.3 Å². The van der Waals surface area contributed by atoms with E-state index >= 15 is 0 Å². The van der Waals surface area contributed by atoms with Gasteiger partial charge in [0.2, 0.25) is 5.91 Å². The number of hydrogen-bond acceptors (Lipinski definition) is 7. The zero-order valence-corrected chi connectivity index (χ0v) is 19.4. The molecule has 4 aromatic rings. The van der Waals surface area contributed by atoms with Crippen LogP contribution in [0, 0.1) is 0 Å². The highest BCUT2D eigenvalue weighted by Crippen LogP contribution is 2.29. The number of carbonyl (C=O) groups excluding carboxylic acids is 2. The predicted octanol–water partition coefficient (Wildman–Crippen LogP) is 4.58. The lowest BCUT2D eigenvalue weighted by Gasteiger charge is -2.11. The van der Waals surface area contributed by atoms with Crippen LogP contribution in [0.15, 0.2) is 78.0 Å². The van der Waals surface area contributed by atoms with Crippen molar-refractivity contribution < 1.29 is 19.4 Å². The van der Waals surface area contributed by atoms with Crippen molar-refractivity contribution in [1.29, 1.82) is 0 Å². The van der Waals surface area contributed by atoms with Gasteiger partial charge in [-0.2, -0.15) is 0 Å². The van der Waals surface area contributed by atoms with E-state index in [0.717, 1.165) is 11.3 Å². The number of phenols is 1. The van der Waals surface area contributed by atoms with Crippen LogP contribution in [0.2, 0.25) is 0 Å². The smallest absolute Gasteiger partial charge is 0.234 e. The predicted molar refractivity (Wildman–Crippen MR) is 131 cm³/mol. The highest BCUT2D eigenvalue weighted by Gasteiger charge is 2.18. The second-order valence-corrected chi connectivity index (χ2v) is 8.30. The normalized spacial score (nSPS) is 10.6. The molecule has 1 amide bonds. The molecule has 8 nitrogen and oxygen atoms in total. The highest BCUT2D eigenvalue weighted by molar-refractivity contribution is 7.99. The lowest BCUT2D eigenvalue weighted by atomic mass is 10.1. The summed E-state index contributed by atoms with van der Waals surface area (Å²) in [5.41, 5.74) is 2.65. The van der Waals surface area contributed by atoms with Gasteiger partial charge in [-0.1, -0.05) is 23.9 Å². The van der Waals surface area contributed by atoms with Gasteiger partial charge in [-0.15, -0.1) is 10.2 Å². The molecule has 4 rings (SSSR count). The molecule has 0 saturated heterocycles. The second kappa shape index (κ2) is 10.2. The Bertz CT molecular complexity index is 1320. The van der Waals surface area contributed by atoms with E-state index in [9.17, 15) is 14.7 Å². The minimum atomic E-state index is -0.235. The Labute approximate surface area is 200 Å². The van der Waals surface area contributed by atoms with E-state index in [-0.39, 0.29) is 23.2 Å². The van der Waals surface area contributed by atoms with Gasteiger partial charge in [0.1, 0.15) is 11.5 Å². The number of ether oxygens (including phenoxy) is 1. The number of amides is 1. The number of anilines is 1. The quantitative estimate of drug-likeness (QED) is 0.284. The summed E-state index contributed by atoms with van der Waals surface area (Å²) in [4.78, 5) is 24.2. The van der Waals surface area contributed by atoms with E-state index in [0.29, 0.717) is 28.0 Å². The molecule has 2 N–H and O–H groups in total. The van der Waals surface area contributed by atoms with Gasteiger partial charge >= 0.3 is 0 Å². The lowest BCUT2D eigenvalue weighted by Crippen LogP contribution is -2.15. The van der Waals surface area contributed by atoms with Gasteiger partial charge in [-0.05, 0) is 67.6 Å². The van der Waals surface area contributed by atoms with Gasteiger partial charge in [-0.25, -0.2) is 0 Å². The van der Waals surface area contributed by atoms with Gasteiger partial charge in [0.25, 0.3) is 0 Å². The van der Waals surface area contributed by atoms with Crippen molar-refractivity contribution in [3.63, 3.8) is 0 Å². The third kappa shape index (κ3) is 5.26. The summed E-state index contributed by atoms with van der Waals surface area (Å²) in [6.45, 7) is 1.48. The molecule has 172 valence electrons. The first-order valence-electron chi connectivity index (χ1n) is 10.4. The van der Waals surface area contributed by atoms with Crippen LogP contribution in [-0.2, 0) is 4.79 Å². The van der Waals surface area contributed by atoms with Crippen LogP contribution in [0.25, 0.3) is 17.1 Å². The molecule has 1 heterocycles. The summed E-state index contributed by atoms with van der Waals surface area (Å²) in [6.07, 6.45) is 0. The summed E-state index contributed by atoms with van der Waals surface area (Å²) in [7, 11) is 1.60. The molecule has 9 heteroatoms. The third-order valence-electron chi connectivity index (χ3n) is 4.97. The molecule has 0 radical (unpaired) electrons. The summed E-state index contributed by atoms with van der Waals surface area (Å²) >= 11 is 1.24. The molecule has 0 spiro atoms. The first-order valence-corrected chi connectivity index (χ1v) is 11.4. The molecule has 34 heavy (non-hydrogen) atoms. The van der Waals surface area contributed by atoms with Gasteiger partial charge in [0.15, 0.2) is 16.8 Å². The molecule has 0 fully saturated rings. The number of benzene rings is 3. The van der Waals surface area contributed by atoms with Gasteiger partial charge in [0.05, 0.1) is 12.9 Å². The maximum atomic E-state index is 12.6. The van der Waals surface area contributed by atoms with Crippen molar-refractivity contribution in [3.8, 4) is 28.6 Å². The molecule has 3 aromatic carbocycles. The Morgan fingerprint density at radius 1 is 1.03 bits per heavy atom. The van der Waals surface area contributed by atoms with E-state index in [2.05, 4.69) is 15.5 Å². The zero-order valence-electron chi connectivity index (χ0n) is 18.6. The summed E-state index contributed by atoms with van der Waals surface area (Å²) in [6, 6.07) is 20.9. The highest BCUT2D eigenvalue weighted by atomic mass is 32.2. The van der Waals surface area contributed by atoms with Gasteiger partial charge < -0.3 is 15.2 Å². The van der Waals surface area contributed by atoms with Crippen LogP contribution in [-0.4, -0.2) is 44.4 Å². The number of aromatic nitrogens is 3. The van der Waals surface area contributed by atoms with Crippen molar-refractivity contribution in [2.24, 2.45) is 0 Å². The topological polar surface area (TPSA) is 106 Å². The van der Waals surface area contributed by atoms with Crippen molar-refractivity contribution in [2.75, 3.05) is 18.2 Å². The van der Waals surface area contributed by atoms with Gasteiger partial charge in [0, 0.05) is 22.5 Å².